The number of carbonyl (C=O) groups is 5. The van der Waals surface area contributed by atoms with Crippen molar-refractivity contribution in [1.29, 1.82) is 0 Å². The van der Waals surface area contributed by atoms with Crippen LogP contribution in [-0.2, 0) is 44.7 Å². The quantitative estimate of drug-likeness (QED) is 0.0405. The maximum Gasteiger partial charge on any atom is 0.328 e. The van der Waals surface area contributed by atoms with Gasteiger partial charge in [0.15, 0.2) is 12.2 Å². The lowest BCUT2D eigenvalue weighted by Crippen LogP contribution is -2.66. The maximum absolute atomic E-state index is 14.0. The van der Waals surface area contributed by atoms with Crippen LogP contribution in [0.3, 0.4) is 0 Å². The van der Waals surface area contributed by atoms with Crippen LogP contribution in [0.5, 0.6) is 0 Å². The van der Waals surface area contributed by atoms with Crippen molar-refractivity contribution in [3.8, 4) is 0 Å². The molecule has 17 N–H and O–H groups in total. The number of hydrogen-bond acceptors (Lipinski definition) is 20. The van der Waals surface area contributed by atoms with Crippen LogP contribution < -0.4 is 54.6 Å². The third-order valence-electron chi connectivity index (χ3n) is 12.1. The molecule has 28 nitrogen and oxygen atoms in total. The van der Waals surface area contributed by atoms with Gasteiger partial charge >= 0.3 is 23.7 Å². The summed E-state index contributed by atoms with van der Waals surface area (Å²) < 4.78 is 24.2. The van der Waals surface area contributed by atoms with Crippen molar-refractivity contribution >= 4 is 35.7 Å². The summed E-state index contributed by atoms with van der Waals surface area (Å²) in [5.41, 5.74) is 10.1. The number of aromatic nitrogens is 2. The summed E-state index contributed by atoms with van der Waals surface area (Å²) in [5, 5.41) is 80.0. The Labute approximate surface area is 389 Å². The Kier molecular flexibility index (Phi) is 20.6. The maximum atomic E-state index is 14.0. The lowest BCUT2D eigenvalue weighted by Gasteiger charge is -2.34. The lowest BCUT2D eigenvalue weighted by atomic mass is 9.97. The number of amides is 4. The Morgan fingerprint density at radius 1 is 0.941 bits per heavy atom. The molecule has 0 saturated carbocycles. The number of hydrogen-bond donors (Lipinski definition) is 15. The third kappa shape index (κ3) is 14.1. The number of aliphatic hydroxyl groups excluding tert-OH is 4. The Balaban J connectivity index is 1.49. The topological polar surface area (TPSA) is 435 Å². The van der Waals surface area contributed by atoms with Crippen molar-refractivity contribution in [2.24, 2.45) is 28.3 Å². The second-order valence-corrected chi connectivity index (χ2v) is 17.2. The number of ether oxygens (including phenoxy) is 4. The molecule has 0 bridgehead atoms. The monoisotopic (exact) mass is 973 g/mol. The first-order chi connectivity index (χ1) is 32.1. The summed E-state index contributed by atoms with van der Waals surface area (Å²) in [7, 11) is 1.24. The number of aromatic amines is 1. The van der Waals surface area contributed by atoms with E-state index >= 15 is 0 Å². The number of carboxylic acids is 2. The van der Waals surface area contributed by atoms with E-state index in [4.69, 9.17) is 30.4 Å². The molecule has 1 aromatic heterocycles. The summed E-state index contributed by atoms with van der Waals surface area (Å²) in [5.74, 6) is -5.72. The van der Waals surface area contributed by atoms with E-state index in [0.29, 0.717) is 6.42 Å². The largest absolute Gasteiger partial charge is 0.480 e. The first kappa shape index (κ1) is 55.3. The van der Waals surface area contributed by atoms with Gasteiger partial charge in [-0.05, 0) is 31.2 Å². The van der Waals surface area contributed by atoms with Crippen molar-refractivity contribution in [2.45, 2.75) is 145 Å². The zero-order valence-corrected chi connectivity index (χ0v) is 38.3. The highest BCUT2D eigenvalue weighted by atomic mass is 16.7. The molecule has 16 atom stereocenters. The molecular formula is C40H67N11O17. The molecule has 4 rings (SSSR count). The summed E-state index contributed by atoms with van der Waals surface area (Å²) in [6.45, 7) is 5.80. The number of aliphatic imine (C=N–C) groups is 1. The number of urea groups is 1. The van der Waals surface area contributed by atoms with Gasteiger partial charge in [-0.25, -0.2) is 14.4 Å². The third-order valence-corrected chi connectivity index (χ3v) is 12.1. The molecule has 68 heavy (non-hydrogen) atoms. The van der Waals surface area contributed by atoms with Crippen LogP contribution in [0.4, 0.5) is 4.79 Å². The van der Waals surface area contributed by atoms with Gasteiger partial charge in [0.2, 0.25) is 11.8 Å². The van der Waals surface area contributed by atoms with E-state index in [0.717, 1.165) is 16.8 Å². The average Bonchev–Trinajstić information content (AvgIpc) is 3.75. The number of rotatable bonds is 25. The van der Waals surface area contributed by atoms with Crippen LogP contribution >= 0.6 is 0 Å². The molecule has 16 unspecified atom stereocenters. The Bertz CT molecular complexity index is 2020. The second-order valence-electron chi connectivity index (χ2n) is 17.2. The minimum Gasteiger partial charge on any atom is -0.480 e. The van der Waals surface area contributed by atoms with Crippen LogP contribution in [-0.4, -0.2) is 201 Å². The summed E-state index contributed by atoms with van der Waals surface area (Å²) in [4.78, 5) is 95.8. The molecule has 2 saturated heterocycles. The van der Waals surface area contributed by atoms with Gasteiger partial charge in [-0.1, -0.05) is 34.1 Å². The van der Waals surface area contributed by atoms with Crippen molar-refractivity contribution in [3.63, 3.8) is 0 Å². The molecule has 28 heteroatoms. The molecule has 4 amide bonds. The molecular weight excluding hydrogens is 906 g/mol. The van der Waals surface area contributed by atoms with Crippen LogP contribution in [0, 0.1) is 11.8 Å². The molecule has 3 aliphatic rings. The second kappa shape index (κ2) is 25.3. The Hall–Kier alpha value is -5.30. The highest BCUT2D eigenvalue weighted by molar-refractivity contribution is 5.94. The number of H-pyrrole nitrogens is 1. The van der Waals surface area contributed by atoms with Crippen LogP contribution in [0.25, 0.3) is 0 Å². The van der Waals surface area contributed by atoms with Gasteiger partial charge in [-0.3, -0.25) is 33.7 Å². The van der Waals surface area contributed by atoms with Crippen LogP contribution in [0.2, 0.25) is 0 Å². The number of nitrogens with one attached hydrogen (secondary N) is 7. The fourth-order valence-corrected chi connectivity index (χ4v) is 7.92. The number of carboxylic acid groups (broad SMARTS) is 2. The number of aliphatic hydroxyl groups is 4. The van der Waals surface area contributed by atoms with E-state index in [-0.39, 0.29) is 51.5 Å². The molecule has 3 aliphatic heterocycles. The number of carbonyl (C=O) groups excluding carboxylic acids is 3. The summed E-state index contributed by atoms with van der Waals surface area (Å²) in [6.07, 6.45) is -12.9. The molecule has 0 aliphatic carbocycles. The van der Waals surface area contributed by atoms with Crippen LogP contribution in [0.1, 0.15) is 47.0 Å². The molecule has 0 radical (unpaired) electrons. The fourth-order valence-electron chi connectivity index (χ4n) is 7.92. The van der Waals surface area contributed by atoms with Gasteiger partial charge in [-0.15, -0.1) is 0 Å². The van der Waals surface area contributed by atoms with E-state index < -0.39 is 144 Å². The van der Waals surface area contributed by atoms with Crippen molar-refractivity contribution in [3.05, 3.63) is 33.1 Å². The summed E-state index contributed by atoms with van der Waals surface area (Å²) >= 11 is 0. The van der Waals surface area contributed by atoms with E-state index in [9.17, 15) is 64.2 Å². The van der Waals surface area contributed by atoms with E-state index in [1.54, 1.807) is 27.7 Å². The first-order valence-corrected chi connectivity index (χ1v) is 22.3. The van der Waals surface area contributed by atoms with Gasteiger partial charge in [-0.2, -0.15) is 0 Å². The number of nitrogens with zero attached hydrogens (tertiary/aromatic N) is 2. The highest BCUT2D eigenvalue weighted by Gasteiger charge is 2.54. The number of nitrogens with two attached hydrogens (primary N) is 2. The Morgan fingerprint density at radius 2 is 1.63 bits per heavy atom. The molecule has 0 spiro atoms. The number of methoxy groups -OCH3 is 1. The van der Waals surface area contributed by atoms with Crippen molar-refractivity contribution in [2.75, 3.05) is 33.3 Å². The van der Waals surface area contributed by atoms with Gasteiger partial charge in [0, 0.05) is 39.0 Å². The number of guanidine groups is 1. The molecule has 4 heterocycles. The fraction of sp³-hybridized carbons (Fsp3) is 0.750. The summed E-state index contributed by atoms with van der Waals surface area (Å²) in [6, 6.07) is -6.94. The zero-order valence-electron chi connectivity index (χ0n) is 38.3. The predicted octanol–water partition coefficient (Wildman–Crippen LogP) is -6.64. The SMILES string of the molecule is CCC(C)C(NC(=O)NC(C(=O)NC(C(=O)NCCCNC(C(=O)O)C(OC1OC(CN)C(O)C1OC)C1OC(Cn2ccc(=O)[nH]c2=O)C(O)C1O)C(O)C(C)C)C1CCN=C(N)N1)C(=O)O. The van der Waals surface area contributed by atoms with Crippen LogP contribution in [0.15, 0.2) is 26.8 Å². The number of aliphatic carboxylic acids is 2. The average molecular weight is 974 g/mol. The lowest BCUT2D eigenvalue weighted by molar-refractivity contribution is -0.229. The van der Waals surface area contributed by atoms with Crippen molar-refractivity contribution < 1.29 is 73.6 Å². The smallest absolute Gasteiger partial charge is 0.328 e. The van der Waals surface area contributed by atoms with Gasteiger partial charge < -0.3 is 93.0 Å². The highest BCUT2D eigenvalue weighted by Crippen LogP contribution is 2.32. The Morgan fingerprint density at radius 3 is 2.22 bits per heavy atom. The molecule has 2 fully saturated rings. The minimum atomic E-state index is -1.82. The first-order valence-electron chi connectivity index (χ1n) is 22.3. The predicted molar refractivity (Wildman–Crippen MR) is 236 cm³/mol. The zero-order chi connectivity index (χ0) is 50.6. The van der Waals surface area contributed by atoms with Gasteiger partial charge in [0.05, 0.1) is 18.7 Å². The molecule has 1 aromatic rings. The molecule has 0 aromatic carbocycles. The van der Waals surface area contributed by atoms with E-state index in [1.165, 1.54) is 7.11 Å². The standard InChI is InChI=1S/C40H67N11O17/c1-6-17(4)22(35(59)60)49-39(63)50-23(18-8-12-45-38(42)46-18)34(58)48-24(26(53)16(2)3)33(57)44-11-7-10-43-25(36(61)62)30(68-37-32(65-5)28(55)19(14-41)67-37)31-29(56)27(54)20(66-31)15-51-13-9-21(52)47-40(51)64/h9,13,16-20,22-32,37,43,53-56H,6-8,10-12,14-15,41H2,1-5H3,(H,44,57)(H,48,58)(H,59,60)(H,61,62)(H3,42,45,46)(H,47,52,64)(H2,49,50,63). The minimum absolute atomic E-state index is 0.000392. The van der Waals surface area contributed by atoms with Crippen molar-refractivity contribution in [1.82, 2.24) is 41.5 Å². The van der Waals surface area contributed by atoms with Gasteiger partial charge in [0.1, 0.15) is 73.0 Å². The van der Waals surface area contributed by atoms with E-state index in [2.05, 4.69) is 41.9 Å². The van der Waals surface area contributed by atoms with E-state index in [1.807, 2.05) is 0 Å². The van der Waals surface area contributed by atoms with Gasteiger partial charge in [0.25, 0.3) is 5.56 Å². The molecule has 384 valence electrons. The normalized spacial score (nSPS) is 27.9.